The number of thiophene rings is 1. The summed E-state index contributed by atoms with van der Waals surface area (Å²) in [6, 6.07) is 0. The van der Waals surface area contributed by atoms with E-state index in [9.17, 15) is 4.79 Å². The largest absolute Gasteiger partial charge is 0.477 e. The molecule has 0 amide bonds. The average molecular weight is 238 g/mol. The van der Waals surface area contributed by atoms with E-state index in [1.54, 1.807) is 0 Å². The van der Waals surface area contributed by atoms with Crippen LogP contribution in [0.25, 0.3) is 0 Å². The number of carboxylic acids is 1. The maximum atomic E-state index is 11.1. The molecule has 4 nitrogen and oxygen atoms in total. The number of hydrogen-bond donors (Lipinski definition) is 3. The number of carboxylic acid groups (broad SMARTS) is 1. The molecule has 0 bridgehead atoms. The maximum absolute atomic E-state index is 11.1. The number of carbonyl (C=O) groups is 1. The first-order valence-corrected chi connectivity index (χ1v) is 6.45. The van der Waals surface area contributed by atoms with Crippen molar-refractivity contribution in [1.29, 1.82) is 0 Å². The summed E-state index contributed by atoms with van der Waals surface area (Å²) in [5, 5.41) is 17.8. The van der Waals surface area contributed by atoms with Gasteiger partial charge in [-0.15, -0.1) is 11.3 Å². The Balaban J connectivity index is 1.97. The van der Waals surface area contributed by atoms with Crippen LogP contribution in [-0.4, -0.2) is 23.2 Å². The van der Waals surface area contributed by atoms with Crippen LogP contribution < -0.4 is 10.6 Å². The quantitative estimate of drug-likeness (QED) is 0.703. The SMILES string of the molecule is O=C(O)c1scc2c1NC1(CCCC1)CN2. The van der Waals surface area contributed by atoms with Gasteiger partial charge in [0.1, 0.15) is 4.88 Å². The molecule has 1 aromatic heterocycles. The van der Waals surface area contributed by atoms with E-state index in [1.807, 2.05) is 5.38 Å². The van der Waals surface area contributed by atoms with E-state index in [0.717, 1.165) is 30.8 Å². The van der Waals surface area contributed by atoms with Crippen LogP contribution in [0.5, 0.6) is 0 Å². The number of fused-ring (bicyclic) bond motifs is 1. The molecule has 0 aromatic carbocycles. The van der Waals surface area contributed by atoms with Crippen molar-refractivity contribution < 1.29 is 9.90 Å². The molecule has 2 aliphatic rings. The first-order valence-electron chi connectivity index (χ1n) is 5.57. The van der Waals surface area contributed by atoms with Crippen molar-refractivity contribution in [2.24, 2.45) is 0 Å². The molecule has 0 unspecified atom stereocenters. The van der Waals surface area contributed by atoms with Crippen LogP contribution in [0, 0.1) is 0 Å². The van der Waals surface area contributed by atoms with Crippen molar-refractivity contribution >= 4 is 28.7 Å². The normalized spacial score (nSPS) is 21.2. The maximum Gasteiger partial charge on any atom is 0.348 e. The van der Waals surface area contributed by atoms with E-state index in [-0.39, 0.29) is 5.54 Å². The first-order chi connectivity index (χ1) is 7.70. The molecule has 1 aromatic rings. The number of anilines is 2. The summed E-state index contributed by atoms with van der Waals surface area (Å²) in [5.41, 5.74) is 1.84. The molecule has 1 fully saturated rings. The number of nitrogens with one attached hydrogen (secondary N) is 2. The van der Waals surface area contributed by atoms with Crippen molar-refractivity contribution in [3.63, 3.8) is 0 Å². The highest BCUT2D eigenvalue weighted by Crippen LogP contribution is 2.43. The molecule has 3 N–H and O–H groups in total. The lowest BCUT2D eigenvalue weighted by Gasteiger charge is -2.36. The van der Waals surface area contributed by atoms with Crippen molar-refractivity contribution in [2.45, 2.75) is 31.2 Å². The predicted molar refractivity (Wildman–Crippen MR) is 64.6 cm³/mol. The third kappa shape index (κ3) is 1.38. The fraction of sp³-hybridized carbons (Fsp3) is 0.545. The molecule has 1 saturated carbocycles. The summed E-state index contributed by atoms with van der Waals surface area (Å²) >= 11 is 1.29. The lowest BCUT2D eigenvalue weighted by molar-refractivity contribution is 0.0703. The van der Waals surface area contributed by atoms with Gasteiger partial charge in [0, 0.05) is 11.9 Å². The Labute approximate surface area is 97.7 Å². The molecule has 5 heteroatoms. The van der Waals surface area contributed by atoms with Gasteiger partial charge in [-0.25, -0.2) is 4.79 Å². The minimum Gasteiger partial charge on any atom is -0.477 e. The summed E-state index contributed by atoms with van der Waals surface area (Å²) in [4.78, 5) is 11.5. The topological polar surface area (TPSA) is 61.4 Å². The van der Waals surface area contributed by atoms with E-state index < -0.39 is 5.97 Å². The Morgan fingerprint density at radius 3 is 2.88 bits per heavy atom. The fourth-order valence-corrected chi connectivity index (χ4v) is 3.51. The molecular weight excluding hydrogens is 224 g/mol. The highest BCUT2D eigenvalue weighted by atomic mass is 32.1. The van der Waals surface area contributed by atoms with Crippen LogP contribution in [0.1, 0.15) is 35.4 Å². The molecular formula is C11H14N2O2S. The third-order valence-corrected chi connectivity index (χ3v) is 4.52. The van der Waals surface area contributed by atoms with Crippen molar-refractivity contribution in [1.82, 2.24) is 0 Å². The molecule has 2 heterocycles. The molecule has 0 atom stereocenters. The van der Waals surface area contributed by atoms with E-state index >= 15 is 0 Å². The molecule has 0 saturated heterocycles. The second kappa shape index (κ2) is 3.38. The van der Waals surface area contributed by atoms with Crippen molar-refractivity contribution in [2.75, 3.05) is 17.2 Å². The Kier molecular flexibility index (Phi) is 2.10. The smallest absolute Gasteiger partial charge is 0.348 e. The third-order valence-electron chi connectivity index (χ3n) is 3.55. The summed E-state index contributed by atoms with van der Waals surface area (Å²) in [6.07, 6.45) is 4.73. The van der Waals surface area contributed by atoms with Crippen LogP contribution in [0.2, 0.25) is 0 Å². The van der Waals surface area contributed by atoms with Gasteiger partial charge in [-0.3, -0.25) is 0 Å². The fourth-order valence-electron chi connectivity index (χ4n) is 2.70. The second-order valence-electron chi connectivity index (χ2n) is 4.62. The van der Waals surface area contributed by atoms with Gasteiger partial charge < -0.3 is 15.7 Å². The molecule has 16 heavy (non-hydrogen) atoms. The number of aromatic carboxylic acids is 1. The van der Waals surface area contributed by atoms with Crippen molar-refractivity contribution in [3.8, 4) is 0 Å². The van der Waals surface area contributed by atoms with Crippen molar-refractivity contribution in [3.05, 3.63) is 10.3 Å². The summed E-state index contributed by atoms with van der Waals surface area (Å²) in [7, 11) is 0. The molecule has 1 aliphatic carbocycles. The lowest BCUT2D eigenvalue weighted by Crippen LogP contribution is -2.45. The van der Waals surface area contributed by atoms with E-state index in [2.05, 4.69) is 10.6 Å². The standard InChI is InChI=1S/C11H14N2O2S/c14-10(15)9-8-7(5-16-9)12-6-11(13-8)3-1-2-4-11/h5,12-13H,1-4,6H2,(H,14,15). The van der Waals surface area contributed by atoms with Gasteiger partial charge in [0.05, 0.1) is 16.9 Å². The van der Waals surface area contributed by atoms with Crippen LogP contribution in [0.3, 0.4) is 0 Å². The molecule has 0 radical (unpaired) electrons. The van der Waals surface area contributed by atoms with E-state index in [1.165, 1.54) is 24.2 Å². The molecule has 86 valence electrons. The molecule has 1 aliphatic heterocycles. The lowest BCUT2D eigenvalue weighted by atomic mass is 9.94. The minimum atomic E-state index is -0.837. The Hall–Kier alpha value is -1.23. The van der Waals surface area contributed by atoms with Gasteiger partial charge in [-0.05, 0) is 12.8 Å². The van der Waals surface area contributed by atoms with Crippen LogP contribution in [-0.2, 0) is 0 Å². The van der Waals surface area contributed by atoms with Gasteiger partial charge in [0.15, 0.2) is 0 Å². The second-order valence-corrected chi connectivity index (χ2v) is 5.50. The highest BCUT2D eigenvalue weighted by Gasteiger charge is 2.38. The summed E-state index contributed by atoms with van der Waals surface area (Å²) < 4.78 is 0. The average Bonchev–Trinajstić information content (AvgIpc) is 2.85. The number of rotatable bonds is 1. The number of hydrogen-bond acceptors (Lipinski definition) is 4. The zero-order chi connectivity index (χ0) is 11.2. The molecule has 3 rings (SSSR count). The summed E-state index contributed by atoms with van der Waals surface area (Å²) in [5.74, 6) is -0.837. The zero-order valence-corrected chi connectivity index (χ0v) is 9.69. The Bertz CT molecular complexity index is 435. The van der Waals surface area contributed by atoms with Gasteiger partial charge in [-0.2, -0.15) is 0 Å². The van der Waals surface area contributed by atoms with Crippen LogP contribution in [0.15, 0.2) is 5.38 Å². The Morgan fingerprint density at radius 2 is 2.19 bits per heavy atom. The predicted octanol–water partition coefficient (Wildman–Crippen LogP) is 2.60. The summed E-state index contributed by atoms with van der Waals surface area (Å²) in [6.45, 7) is 0.912. The van der Waals surface area contributed by atoms with Gasteiger partial charge >= 0.3 is 5.97 Å². The van der Waals surface area contributed by atoms with Crippen LogP contribution >= 0.6 is 11.3 Å². The van der Waals surface area contributed by atoms with Crippen LogP contribution in [0.4, 0.5) is 11.4 Å². The zero-order valence-electron chi connectivity index (χ0n) is 8.88. The van der Waals surface area contributed by atoms with Gasteiger partial charge in [0.25, 0.3) is 0 Å². The van der Waals surface area contributed by atoms with E-state index in [4.69, 9.17) is 5.11 Å². The monoisotopic (exact) mass is 238 g/mol. The first kappa shape index (κ1) is 9.96. The minimum absolute atomic E-state index is 0.0955. The van der Waals surface area contributed by atoms with Gasteiger partial charge in [0.2, 0.25) is 0 Å². The van der Waals surface area contributed by atoms with Gasteiger partial charge in [-0.1, -0.05) is 12.8 Å². The highest BCUT2D eigenvalue weighted by molar-refractivity contribution is 7.13. The van der Waals surface area contributed by atoms with E-state index in [0.29, 0.717) is 4.88 Å². The molecule has 1 spiro atoms. The Morgan fingerprint density at radius 1 is 1.44 bits per heavy atom.